The smallest absolute Gasteiger partial charge is 0.125 e. The number of rotatable bonds is 3. The van der Waals surface area contributed by atoms with Gasteiger partial charge in [-0.3, -0.25) is 0 Å². The van der Waals surface area contributed by atoms with Crippen molar-refractivity contribution >= 4 is 27.3 Å². The van der Waals surface area contributed by atoms with Gasteiger partial charge in [-0.1, -0.05) is 22.5 Å². The molecular weight excluding hydrogens is 235 g/mol. The molecule has 0 unspecified atom stereocenters. The number of halogens is 2. The molecule has 0 bridgehead atoms. The van der Waals surface area contributed by atoms with Gasteiger partial charge in [-0.25, -0.2) is 4.39 Å². The van der Waals surface area contributed by atoms with Crippen molar-refractivity contribution in [2.24, 2.45) is 0 Å². The maximum absolute atomic E-state index is 12.7. The molecule has 0 amide bonds. The highest BCUT2D eigenvalue weighted by Crippen LogP contribution is 2.19. The lowest BCUT2D eigenvalue weighted by Gasteiger charge is -2.07. The number of benzene rings is 1. The van der Waals surface area contributed by atoms with Crippen LogP contribution in [0, 0.1) is 5.82 Å². The predicted octanol–water partition coefficient (Wildman–Crippen LogP) is 2.73. The van der Waals surface area contributed by atoms with Crippen molar-refractivity contribution in [2.75, 3.05) is 17.6 Å². The third-order valence-corrected chi connectivity index (χ3v) is 1.77. The summed E-state index contributed by atoms with van der Waals surface area (Å²) < 4.78 is 13.5. The fraction of sp³-hybridized carbons (Fsp3) is 0.111. The summed E-state index contributed by atoms with van der Waals surface area (Å²) in [4.78, 5) is 0. The van der Waals surface area contributed by atoms with Crippen molar-refractivity contribution in [1.82, 2.24) is 0 Å². The molecule has 1 aromatic carbocycles. The van der Waals surface area contributed by atoms with Crippen molar-refractivity contribution in [3.8, 4) is 0 Å². The molecule has 0 atom stereocenters. The van der Waals surface area contributed by atoms with E-state index < -0.39 is 0 Å². The molecule has 70 valence electrons. The first-order chi connectivity index (χ1) is 6.09. The molecule has 13 heavy (non-hydrogen) atoms. The molecule has 0 aliphatic rings. The van der Waals surface area contributed by atoms with E-state index in [0.717, 1.165) is 4.48 Å². The van der Waals surface area contributed by atoms with E-state index in [-0.39, 0.29) is 5.82 Å². The fourth-order valence-corrected chi connectivity index (χ4v) is 1.01. The summed E-state index contributed by atoms with van der Waals surface area (Å²) in [5.74, 6) is -0.308. The molecule has 0 fully saturated rings. The maximum atomic E-state index is 12.7. The zero-order valence-electron chi connectivity index (χ0n) is 6.98. The van der Waals surface area contributed by atoms with Gasteiger partial charge in [-0.05, 0) is 18.2 Å². The average Bonchev–Trinajstić information content (AvgIpc) is 2.06. The van der Waals surface area contributed by atoms with Crippen LogP contribution in [0.15, 0.2) is 29.3 Å². The number of hydrogen-bond acceptors (Lipinski definition) is 2. The Kier molecular flexibility index (Phi) is 3.31. The largest absolute Gasteiger partial charge is 0.397 e. The first-order valence-corrected chi connectivity index (χ1v) is 4.51. The molecule has 0 saturated heterocycles. The zero-order valence-corrected chi connectivity index (χ0v) is 8.57. The van der Waals surface area contributed by atoms with Gasteiger partial charge in [0.25, 0.3) is 0 Å². The van der Waals surface area contributed by atoms with Gasteiger partial charge in [-0.15, -0.1) is 0 Å². The van der Waals surface area contributed by atoms with Gasteiger partial charge >= 0.3 is 0 Å². The molecule has 1 aromatic rings. The van der Waals surface area contributed by atoms with E-state index in [1.165, 1.54) is 18.2 Å². The maximum Gasteiger partial charge on any atom is 0.125 e. The quantitative estimate of drug-likeness (QED) is 0.803. The van der Waals surface area contributed by atoms with E-state index in [2.05, 4.69) is 27.8 Å². The van der Waals surface area contributed by atoms with Crippen LogP contribution in [0.4, 0.5) is 15.8 Å². The summed E-state index contributed by atoms with van der Waals surface area (Å²) in [5, 5.41) is 2.94. The Morgan fingerprint density at radius 3 is 2.92 bits per heavy atom. The standard InChI is InChI=1S/C9H10BrFN2/c1-6(10)5-13-9-4-7(11)2-3-8(9)12/h2-4,13H,1,5,12H2. The number of nitrogens with one attached hydrogen (secondary N) is 1. The van der Waals surface area contributed by atoms with Crippen LogP contribution in [0.3, 0.4) is 0 Å². The molecule has 0 saturated carbocycles. The normalized spacial score (nSPS) is 9.69. The molecule has 0 spiro atoms. The third-order valence-electron chi connectivity index (χ3n) is 1.49. The van der Waals surface area contributed by atoms with Crippen molar-refractivity contribution in [1.29, 1.82) is 0 Å². The molecule has 4 heteroatoms. The molecule has 0 heterocycles. The predicted molar refractivity (Wildman–Crippen MR) is 57.4 cm³/mol. The molecule has 0 radical (unpaired) electrons. The average molecular weight is 245 g/mol. The van der Waals surface area contributed by atoms with Gasteiger partial charge in [0, 0.05) is 11.0 Å². The van der Waals surface area contributed by atoms with Gasteiger partial charge in [-0.2, -0.15) is 0 Å². The minimum Gasteiger partial charge on any atom is -0.397 e. The van der Waals surface area contributed by atoms with E-state index in [0.29, 0.717) is 17.9 Å². The summed E-state index contributed by atoms with van der Waals surface area (Å²) in [6.07, 6.45) is 0. The third kappa shape index (κ3) is 3.06. The summed E-state index contributed by atoms with van der Waals surface area (Å²) in [7, 11) is 0. The first-order valence-electron chi connectivity index (χ1n) is 3.72. The zero-order chi connectivity index (χ0) is 9.84. The summed E-state index contributed by atoms with van der Waals surface area (Å²) >= 11 is 3.18. The van der Waals surface area contributed by atoms with Gasteiger partial charge in [0.05, 0.1) is 11.4 Å². The molecule has 0 aliphatic heterocycles. The van der Waals surface area contributed by atoms with Crippen molar-refractivity contribution in [3.63, 3.8) is 0 Å². The number of nitrogen functional groups attached to an aromatic ring is 1. The van der Waals surface area contributed by atoms with E-state index in [9.17, 15) is 4.39 Å². The van der Waals surface area contributed by atoms with Gasteiger partial charge in [0.2, 0.25) is 0 Å². The van der Waals surface area contributed by atoms with Crippen molar-refractivity contribution in [2.45, 2.75) is 0 Å². The van der Waals surface area contributed by atoms with E-state index in [1.807, 2.05) is 0 Å². The summed E-state index contributed by atoms with van der Waals surface area (Å²) in [5.41, 5.74) is 6.71. The molecular formula is C9H10BrFN2. The first kappa shape index (κ1) is 10.1. The van der Waals surface area contributed by atoms with Gasteiger partial charge < -0.3 is 11.1 Å². The molecule has 3 N–H and O–H groups in total. The van der Waals surface area contributed by atoms with E-state index in [4.69, 9.17) is 5.73 Å². The molecule has 0 aromatic heterocycles. The van der Waals surface area contributed by atoms with Crippen LogP contribution in [0.2, 0.25) is 0 Å². The van der Waals surface area contributed by atoms with Crippen LogP contribution < -0.4 is 11.1 Å². The Bertz CT molecular complexity index is 325. The van der Waals surface area contributed by atoms with Gasteiger partial charge in [0.1, 0.15) is 5.82 Å². The second-order valence-corrected chi connectivity index (χ2v) is 3.72. The Balaban J connectivity index is 2.75. The van der Waals surface area contributed by atoms with Crippen LogP contribution in [-0.2, 0) is 0 Å². The van der Waals surface area contributed by atoms with Crippen LogP contribution in [0.5, 0.6) is 0 Å². The SMILES string of the molecule is C=C(Br)CNc1cc(F)ccc1N. The Hall–Kier alpha value is -1.03. The highest BCUT2D eigenvalue weighted by atomic mass is 79.9. The Labute approximate surface area is 84.8 Å². The Morgan fingerprint density at radius 1 is 1.62 bits per heavy atom. The van der Waals surface area contributed by atoms with E-state index in [1.54, 1.807) is 0 Å². The fourth-order valence-electron chi connectivity index (χ4n) is 0.873. The summed E-state index contributed by atoms with van der Waals surface area (Å²) in [6.45, 7) is 4.16. The van der Waals surface area contributed by atoms with Crippen LogP contribution in [-0.4, -0.2) is 6.54 Å². The lowest BCUT2D eigenvalue weighted by molar-refractivity contribution is 0.628. The topological polar surface area (TPSA) is 38.0 Å². The van der Waals surface area contributed by atoms with Crippen molar-refractivity contribution in [3.05, 3.63) is 35.1 Å². The molecule has 1 rings (SSSR count). The molecule has 0 aliphatic carbocycles. The van der Waals surface area contributed by atoms with Crippen LogP contribution >= 0.6 is 15.9 Å². The minimum absolute atomic E-state index is 0.308. The van der Waals surface area contributed by atoms with Gasteiger partial charge in [0.15, 0.2) is 0 Å². The Morgan fingerprint density at radius 2 is 2.31 bits per heavy atom. The van der Waals surface area contributed by atoms with Crippen LogP contribution in [0.25, 0.3) is 0 Å². The van der Waals surface area contributed by atoms with E-state index >= 15 is 0 Å². The van der Waals surface area contributed by atoms with Crippen LogP contribution in [0.1, 0.15) is 0 Å². The lowest BCUT2D eigenvalue weighted by Crippen LogP contribution is -2.03. The highest BCUT2D eigenvalue weighted by molar-refractivity contribution is 9.11. The number of hydrogen-bond donors (Lipinski definition) is 2. The minimum atomic E-state index is -0.308. The number of nitrogens with two attached hydrogens (primary N) is 1. The second kappa shape index (κ2) is 4.28. The molecule has 2 nitrogen and oxygen atoms in total. The highest BCUT2D eigenvalue weighted by Gasteiger charge is 1.99. The second-order valence-electron chi connectivity index (χ2n) is 2.60. The number of anilines is 2. The monoisotopic (exact) mass is 244 g/mol. The van der Waals surface area contributed by atoms with Crippen molar-refractivity contribution < 1.29 is 4.39 Å². The summed E-state index contributed by atoms with van der Waals surface area (Å²) in [6, 6.07) is 4.20. The lowest BCUT2D eigenvalue weighted by atomic mass is 10.2.